The molecular weight excluding hydrogens is 156 g/mol. The molecule has 1 aliphatic heterocycles. The highest BCUT2D eigenvalue weighted by molar-refractivity contribution is 5.88. The first kappa shape index (κ1) is 9.26. The monoisotopic (exact) mass is 170 g/mol. The van der Waals surface area contributed by atoms with Gasteiger partial charge in [0.05, 0.1) is 19.8 Å². The van der Waals surface area contributed by atoms with Crippen LogP contribution >= 0.6 is 0 Å². The molecule has 1 saturated heterocycles. The second-order valence-electron chi connectivity index (χ2n) is 2.75. The first-order valence-electron chi connectivity index (χ1n) is 4.19. The molecule has 0 N–H and O–H groups in total. The summed E-state index contributed by atoms with van der Waals surface area (Å²) in [6.07, 6.45) is 0.866. The van der Waals surface area contributed by atoms with Crippen LogP contribution in [0.5, 0.6) is 0 Å². The summed E-state index contributed by atoms with van der Waals surface area (Å²) in [7, 11) is 0. The van der Waals surface area contributed by atoms with Crippen LogP contribution in [-0.4, -0.2) is 25.8 Å². The van der Waals surface area contributed by atoms with Crippen molar-refractivity contribution >= 4 is 5.97 Å². The minimum atomic E-state index is -0.210. The summed E-state index contributed by atoms with van der Waals surface area (Å²) in [5, 5.41) is 0. The van der Waals surface area contributed by atoms with Gasteiger partial charge < -0.3 is 9.47 Å². The highest BCUT2D eigenvalue weighted by atomic mass is 16.5. The van der Waals surface area contributed by atoms with Crippen molar-refractivity contribution in [2.75, 3.05) is 19.8 Å². The zero-order chi connectivity index (χ0) is 8.97. The third kappa shape index (κ3) is 2.08. The summed E-state index contributed by atoms with van der Waals surface area (Å²) in [5.74, 6) is -0.210. The van der Waals surface area contributed by atoms with Gasteiger partial charge >= 0.3 is 5.97 Å². The maximum atomic E-state index is 11.2. The second kappa shape index (κ2) is 4.26. The van der Waals surface area contributed by atoms with Gasteiger partial charge in [0, 0.05) is 5.57 Å². The molecule has 0 atom stereocenters. The molecule has 3 heteroatoms. The Balaban J connectivity index is 2.60. The largest absolute Gasteiger partial charge is 0.463 e. The van der Waals surface area contributed by atoms with Crippen LogP contribution < -0.4 is 0 Å². The Morgan fingerprint density at radius 2 is 2.42 bits per heavy atom. The van der Waals surface area contributed by atoms with Crippen molar-refractivity contribution in [3.8, 4) is 0 Å². The minimum absolute atomic E-state index is 0.210. The lowest BCUT2D eigenvalue weighted by Gasteiger charge is -2.03. The molecule has 68 valence electrons. The highest BCUT2D eigenvalue weighted by Gasteiger charge is 2.15. The average molecular weight is 170 g/mol. The van der Waals surface area contributed by atoms with Crippen LogP contribution in [0.2, 0.25) is 0 Å². The molecule has 0 aromatic rings. The fourth-order valence-electron chi connectivity index (χ4n) is 1.14. The maximum absolute atomic E-state index is 11.2. The molecule has 0 unspecified atom stereocenters. The Hall–Kier alpha value is -0.830. The predicted octanol–water partition coefficient (Wildman–Crippen LogP) is 1.29. The molecule has 0 radical (unpaired) electrons. The number of carbonyl (C=O) groups excluding carboxylic acids is 1. The second-order valence-corrected chi connectivity index (χ2v) is 2.75. The van der Waals surface area contributed by atoms with Crippen LogP contribution in [0.1, 0.15) is 20.3 Å². The normalized spacial score (nSPS) is 20.8. The number of hydrogen-bond donors (Lipinski definition) is 0. The van der Waals surface area contributed by atoms with Gasteiger partial charge in [-0.3, -0.25) is 0 Å². The van der Waals surface area contributed by atoms with E-state index in [0.717, 1.165) is 18.6 Å². The van der Waals surface area contributed by atoms with Gasteiger partial charge in [-0.2, -0.15) is 0 Å². The van der Waals surface area contributed by atoms with Crippen LogP contribution in [0.25, 0.3) is 0 Å². The van der Waals surface area contributed by atoms with E-state index in [1.165, 1.54) is 0 Å². The summed E-state index contributed by atoms with van der Waals surface area (Å²) in [6.45, 7) is 5.35. The fraction of sp³-hybridized carbons (Fsp3) is 0.667. The topological polar surface area (TPSA) is 35.5 Å². The number of esters is 1. The smallest absolute Gasteiger partial charge is 0.333 e. The average Bonchev–Trinajstić information content (AvgIpc) is 2.55. The first-order valence-corrected chi connectivity index (χ1v) is 4.19. The Morgan fingerprint density at radius 1 is 1.67 bits per heavy atom. The first-order chi connectivity index (χ1) is 5.75. The summed E-state index contributed by atoms with van der Waals surface area (Å²) in [6, 6.07) is 0. The lowest BCUT2D eigenvalue weighted by Crippen LogP contribution is -2.07. The van der Waals surface area contributed by atoms with Crippen molar-refractivity contribution in [1.29, 1.82) is 0 Å². The van der Waals surface area contributed by atoms with E-state index in [9.17, 15) is 4.79 Å². The number of carbonyl (C=O) groups is 1. The van der Waals surface area contributed by atoms with Crippen molar-refractivity contribution in [2.45, 2.75) is 20.3 Å². The van der Waals surface area contributed by atoms with Crippen molar-refractivity contribution in [3.05, 3.63) is 11.1 Å². The van der Waals surface area contributed by atoms with Gasteiger partial charge in [0.25, 0.3) is 0 Å². The molecule has 0 spiro atoms. The third-order valence-corrected chi connectivity index (χ3v) is 1.94. The Kier molecular flexibility index (Phi) is 3.29. The van der Waals surface area contributed by atoms with Gasteiger partial charge in [0.2, 0.25) is 0 Å². The molecule has 0 aromatic carbocycles. The number of ether oxygens (including phenoxy) is 2. The van der Waals surface area contributed by atoms with Crippen LogP contribution in [0.3, 0.4) is 0 Å². The van der Waals surface area contributed by atoms with Gasteiger partial charge in [-0.05, 0) is 25.8 Å². The van der Waals surface area contributed by atoms with E-state index in [1.54, 1.807) is 13.8 Å². The molecule has 3 nitrogen and oxygen atoms in total. The van der Waals surface area contributed by atoms with Crippen LogP contribution in [0.4, 0.5) is 0 Å². The van der Waals surface area contributed by atoms with E-state index >= 15 is 0 Å². The van der Waals surface area contributed by atoms with E-state index in [4.69, 9.17) is 9.47 Å². The maximum Gasteiger partial charge on any atom is 0.333 e. The van der Waals surface area contributed by atoms with E-state index in [0.29, 0.717) is 18.8 Å². The summed E-state index contributed by atoms with van der Waals surface area (Å²) >= 11 is 0. The summed E-state index contributed by atoms with van der Waals surface area (Å²) in [5.41, 5.74) is 1.79. The summed E-state index contributed by atoms with van der Waals surface area (Å²) < 4.78 is 10.0. The zero-order valence-corrected chi connectivity index (χ0v) is 7.55. The lowest BCUT2D eigenvalue weighted by atomic mass is 10.1. The van der Waals surface area contributed by atoms with Gasteiger partial charge in [-0.25, -0.2) is 4.79 Å². The molecule has 0 amide bonds. The van der Waals surface area contributed by atoms with E-state index in [-0.39, 0.29) is 5.97 Å². The molecule has 1 fully saturated rings. The van der Waals surface area contributed by atoms with Gasteiger partial charge in [0.1, 0.15) is 0 Å². The molecule has 0 bridgehead atoms. The molecular formula is C9H14O3. The Bertz CT molecular complexity index is 198. The van der Waals surface area contributed by atoms with Crippen LogP contribution in [-0.2, 0) is 14.3 Å². The predicted molar refractivity (Wildman–Crippen MR) is 44.8 cm³/mol. The number of rotatable bonds is 2. The Morgan fingerprint density at radius 3 is 2.92 bits per heavy atom. The SMILES string of the molecule is CCOC(=O)C(C)=C1CCOC1. The molecule has 1 aliphatic rings. The zero-order valence-electron chi connectivity index (χ0n) is 7.55. The van der Waals surface area contributed by atoms with Crippen molar-refractivity contribution in [2.24, 2.45) is 0 Å². The van der Waals surface area contributed by atoms with Crippen molar-refractivity contribution in [1.82, 2.24) is 0 Å². The Labute approximate surface area is 72.4 Å². The number of hydrogen-bond acceptors (Lipinski definition) is 3. The van der Waals surface area contributed by atoms with Crippen LogP contribution in [0, 0.1) is 0 Å². The van der Waals surface area contributed by atoms with E-state index in [1.807, 2.05) is 0 Å². The van der Waals surface area contributed by atoms with Gasteiger partial charge in [-0.15, -0.1) is 0 Å². The molecule has 0 aromatic heterocycles. The van der Waals surface area contributed by atoms with Crippen molar-refractivity contribution in [3.63, 3.8) is 0 Å². The quantitative estimate of drug-likeness (QED) is 0.462. The van der Waals surface area contributed by atoms with E-state index in [2.05, 4.69) is 0 Å². The molecule has 1 heterocycles. The lowest BCUT2D eigenvalue weighted by molar-refractivity contribution is -0.138. The standard InChI is InChI=1S/C9H14O3/c1-3-12-9(10)7(2)8-4-5-11-6-8/h3-6H2,1-2H3. The third-order valence-electron chi connectivity index (χ3n) is 1.94. The van der Waals surface area contributed by atoms with E-state index < -0.39 is 0 Å². The minimum Gasteiger partial charge on any atom is -0.463 e. The van der Waals surface area contributed by atoms with Gasteiger partial charge in [0.15, 0.2) is 0 Å². The molecule has 0 aliphatic carbocycles. The van der Waals surface area contributed by atoms with Crippen molar-refractivity contribution < 1.29 is 14.3 Å². The summed E-state index contributed by atoms with van der Waals surface area (Å²) in [4.78, 5) is 11.2. The molecule has 1 rings (SSSR count). The van der Waals surface area contributed by atoms with Crippen LogP contribution in [0.15, 0.2) is 11.1 Å². The molecule has 12 heavy (non-hydrogen) atoms. The van der Waals surface area contributed by atoms with Gasteiger partial charge in [-0.1, -0.05) is 0 Å². The fourth-order valence-corrected chi connectivity index (χ4v) is 1.14. The molecule has 0 saturated carbocycles. The highest BCUT2D eigenvalue weighted by Crippen LogP contribution is 2.16.